The molecule has 9 nitrogen and oxygen atoms in total. The van der Waals surface area contributed by atoms with Gasteiger partial charge in [0.1, 0.15) is 10.8 Å². The van der Waals surface area contributed by atoms with Crippen LogP contribution >= 0.6 is 11.6 Å². The van der Waals surface area contributed by atoms with Crippen LogP contribution in [-0.4, -0.2) is 62.0 Å². The minimum Gasteiger partial charge on any atom is -0.367 e. The molecule has 1 aliphatic heterocycles. The molecule has 1 saturated heterocycles. The number of nitro benzene ring substituents is 1. The van der Waals surface area contributed by atoms with E-state index in [1.165, 1.54) is 22.5 Å². The highest BCUT2D eigenvalue weighted by atomic mass is 35.5. The minimum absolute atomic E-state index is 0.00648. The first-order valence-corrected chi connectivity index (χ1v) is 11.4. The number of anilines is 1. The van der Waals surface area contributed by atoms with Gasteiger partial charge in [-0.3, -0.25) is 14.9 Å². The first-order valence-electron chi connectivity index (χ1n) is 9.38. The van der Waals surface area contributed by atoms with Crippen LogP contribution in [0.4, 0.5) is 15.8 Å². The fourth-order valence-electron chi connectivity index (χ4n) is 3.23. The molecule has 0 radical (unpaired) electrons. The predicted octanol–water partition coefficient (Wildman–Crippen LogP) is 2.27. The number of sulfonamides is 1. The second kappa shape index (κ2) is 9.58. The summed E-state index contributed by atoms with van der Waals surface area (Å²) in [5, 5.41) is 13.3. The Morgan fingerprint density at radius 1 is 1.16 bits per heavy atom. The molecule has 31 heavy (non-hydrogen) atoms. The van der Waals surface area contributed by atoms with E-state index in [1.807, 2.05) is 0 Å². The van der Waals surface area contributed by atoms with Crippen LogP contribution in [0.3, 0.4) is 0 Å². The molecule has 166 valence electrons. The van der Waals surface area contributed by atoms with Crippen molar-refractivity contribution in [1.82, 2.24) is 9.62 Å². The number of halogens is 2. The number of hydrogen-bond acceptors (Lipinski definition) is 6. The van der Waals surface area contributed by atoms with Gasteiger partial charge in [0.15, 0.2) is 0 Å². The number of para-hydroxylation sites is 1. The third-order valence-electron chi connectivity index (χ3n) is 4.88. The van der Waals surface area contributed by atoms with E-state index in [-0.39, 0.29) is 41.8 Å². The van der Waals surface area contributed by atoms with E-state index in [0.29, 0.717) is 18.8 Å². The maximum absolute atomic E-state index is 13.9. The average molecular weight is 471 g/mol. The molecule has 12 heteroatoms. The summed E-state index contributed by atoms with van der Waals surface area (Å²) in [6, 6.07) is 9.91. The van der Waals surface area contributed by atoms with Gasteiger partial charge in [0, 0.05) is 44.4 Å². The van der Waals surface area contributed by atoms with E-state index in [2.05, 4.69) is 5.32 Å². The van der Waals surface area contributed by atoms with Crippen molar-refractivity contribution >= 4 is 38.9 Å². The summed E-state index contributed by atoms with van der Waals surface area (Å²) in [6.45, 7) is 0.940. The van der Waals surface area contributed by atoms with Gasteiger partial charge in [0.05, 0.1) is 16.4 Å². The van der Waals surface area contributed by atoms with Gasteiger partial charge in [-0.15, -0.1) is 0 Å². The largest absolute Gasteiger partial charge is 0.367 e. The van der Waals surface area contributed by atoms with Crippen LogP contribution in [0, 0.1) is 15.9 Å². The number of hydrogen-bond donors (Lipinski definition) is 1. The van der Waals surface area contributed by atoms with E-state index in [9.17, 15) is 27.7 Å². The Morgan fingerprint density at radius 3 is 2.48 bits per heavy atom. The lowest BCUT2D eigenvalue weighted by Crippen LogP contribution is -2.50. The zero-order valence-electron chi connectivity index (χ0n) is 16.3. The topological polar surface area (TPSA) is 113 Å². The Kier molecular flexibility index (Phi) is 7.08. The molecule has 2 aromatic carbocycles. The van der Waals surface area contributed by atoms with Crippen LogP contribution < -0.4 is 10.2 Å². The van der Waals surface area contributed by atoms with E-state index < -0.39 is 26.5 Å². The molecule has 0 aromatic heterocycles. The summed E-state index contributed by atoms with van der Waals surface area (Å²) >= 11 is 5.72. The summed E-state index contributed by atoms with van der Waals surface area (Å²) in [7, 11) is -3.64. The number of piperazine rings is 1. The van der Waals surface area contributed by atoms with E-state index >= 15 is 0 Å². The van der Waals surface area contributed by atoms with Crippen molar-refractivity contribution in [3.63, 3.8) is 0 Å². The van der Waals surface area contributed by atoms with E-state index in [4.69, 9.17) is 11.6 Å². The third-order valence-corrected chi connectivity index (χ3v) is 7.07. The lowest BCUT2D eigenvalue weighted by Gasteiger charge is -2.35. The third kappa shape index (κ3) is 5.49. The lowest BCUT2D eigenvalue weighted by atomic mass is 10.2. The van der Waals surface area contributed by atoms with Gasteiger partial charge >= 0.3 is 0 Å². The second-order valence-electron chi connectivity index (χ2n) is 6.83. The second-order valence-corrected chi connectivity index (χ2v) is 9.33. The van der Waals surface area contributed by atoms with Crippen molar-refractivity contribution in [2.75, 3.05) is 43.4 Å². The van der Waals surface area contributed by atoms with Crippen molar-refractivity contribution in [2.24, 2.45) is 0 Å². The predicted molar refractivity (Wildman–Crippen MR) is 114 cm³/mol. The standard InChI is InChI=1S/C19H20ClFN4O5S/c20-15-6-5-14(13-18(15)25(27)28)19(26)22-7-12-31(29,30)24-10-8-23(9-11-24)17-4-2-1-3-16(17)21/h1-6,13H,7-12H2,(H,22,26). The van der Waals surface area contributed by atoms with Crippen LogP contribution in [0.2, 0.25) is 5.02 Å². The number of nitrogens with one attached hydrogen (secondary N) is 1. The molecule has 1 fully saturated rings. The molecule has 0 atom stereocenters. The monoisotopic (exact) mass is 470 g/mol. The van der Waals surface area contributed by atoms with Gasteiger partial charge in [-0.05, 0) is 24.3 Å². The fraction of sp³-hybridized carbons (Fsp3) is 0.316. The number of rotatable bonds is 7. The Morgan fingerprint density at radius 2 is 1.84 bits per heavy atom. The Bertz CT molecular complexity index is 1090. The molecule has 3 rings (SSSR count). The Balaban J connectivity index is 1.53. The molecular formula is C19H20ClFN4O5S. The highest BCUT2D eigenvalue weighted by molar-refractivity contribution is 7.89. The molecule has 2 aromatic rings. The van der Waals surface area contributed by atoms with Crippen molar-refractivity contribution in [3.8, 4) is 0 Å². The van der Waals surface area contributed by atoms with E-state index in [1.54, 1.807) is 23.1 Å². The van der Waals surface area contributed by atoms with Crippen LogP contribution in [0.15, 0.2) is 42.5 Å². The zero-order chi connectivity index (χ0) is 22.6. The van der Waals surface area contributed by atoms with Crippen LogP contribution in [-0.2, 0) is 10.0 Å². The van der Waals surface area contributed by atoms with Gasteiger partial charge in [-0.2, -0.15) is 4.31 Å². The average Bonchev–Trinajstić information content (AvgIpc) is 2.74. The molecule has 1 N–H and O–H groups in total. The molecule has 0 unspecified atom stereocenters. The highest BCUT2D eigenvalue weighted by Gasteiger charge is 2.27. The smallest absolute Gasteiger partial charge is 0.288 e. The molecule has 1 heterocycles. The fourth-order valence-corrected chi connectivity index (χ4v) is 4.76. The highest BCUT2D eigenvalue weighted by Crippen LogP contribution is 2.25. The molecule has 0 bridgehead atoms. The zero-order valence-corrected chi connectivity index (χ0v) is 17.9. The van der Waals surface area contributed by atoms with Crippen molar-refractivity contribution < 1.29 is 22.5 Å². The lowest BCUT2D eigenvalue weighted by molar-refractivity contribution is -0.384. The Labute approximate surface area is 183 Å². The first kappa shape index (κ1) is 22.9. The number of amides is 1. The SMILES string of the molecule is O=C(NCCS(=O)(=O)N1CCN(c2ccccc2F)CC1)c1ccc(Cl)c([N+](=O)[O-])c1. The number of nitrogens with zero attached hydrogens (tertiary/aromatic N) is 3. The van der Waals surface area contributed by atoms with Crippen molar-refractivity contribution in [2.45, 2.75) is 0 Å². The summed E-state index contributed by atoms with van der Waals surface area (Å²) in [6.07, 6.45) is 0. The summed E-state index contributed by atoms with van der Waals surface area (Å²) in [4.78, 5) is 24.2. The van der Waals surface area contributed by atoms with Gasteiger partial charge in [0.25, 0.3) is 11.6 Å². The van der Waals surface area contributed by atoms with E-state index in [0.717, 1.165) is 6.07 Å². The van der Waals surface area contributed by atoms with Crippen LogP contribution in [0.1, 0.15) is 10.4 Å². The number of carbonyl (C=O) groups is 1. The first-order chi connectivity index (χ1) is 14.7. The quantitative estimate of drug-likeness (QED) is 0.490. The maximum atomic E-state index is 13.9. The molecular weight excluding hydrogens is 451 g/mol. The van der Waals surface area contributed by atoms with Gasteiger partial charge in [-0.25, -0.2) is 12.8 Å². The summed E-state index contributed by atoms with van der Waals surface area (Å²) in [5.74, 6) is -1.32. The number of carbonyl (C=O) groups excluding carboxylic acids is 1. The summed E-state index contributed by atoms with van der Waals surface area (Å²) in [5.41, 5.74) is 0.0329. The Hall–Kier alpha value is -2.76. The summed E-state index contributed by atoms with van der Waals surface area (Å²) < 4.78 is 40.4. The molecule has 0 spiro atoms. The van der Waals surface area contributed by atoms with Gasteiger partial charge in [0.2, 0.25) is 10.0 Å². The van der Waals surface area contributed by atoms with Crippen molar-refractivity contribution in [3.05, 3.63) is 69.0 Å². The number of benzene rings is 2. The molecule has 0 aliphatic carbocycles. The normalized spacial score (nSPS) is 15.0. The molecule has 1 aliphatic rings. The minimum atomic E-state index is -3.64. The number of nitro groups is 1. The molecule has 0 saturated carbocycles. The van der Waals surface area contributed by atoms with Crippen LogP contribution in [0.25, 0.3) is 0 Å². The van der Waals surface area contributed by atoms with Crippen molar-refractivity contribution in [1.29, 1.82) is 0 Å². The van der Waals surface area contributed by atoms with Crippen LogP contribution in [0.5, 0.6) is 0 Å². The van der Waals surface area contributed by atoms with Gasteiger partial charge in [-0.1, -0.05) is 23.7 Å². The maximum Gasteiger partial charge on any atom is 0.288 e. The molecule has 1 amide bonds. The van der Waals surface area contributed by atoms with Gasteiger partial charge < -0.3 is 10.2 Å².